The van der Waals surface area contributed by atoms with E-state index in [1.807, 2.05) is 26.1 Å². The first kappa shape index (κ1) is 14.5. The van der Waals surface area contributed by atoms with Crippen molar-refractivity contribution in [1.82, 2.24) is 15.1 Å². The summed E-state index contributed by atoms with van der Waals surface area (Å²) in [6.45, 7) is 3.30. The maximum atomic E-state index is 12.2. The fourth-order valence-electron chi connectivity index (χ4n) is 1.67. The molecule has 6 nitrogen and oxygen atoms in total. The van der Waals surface area contributed by atoms with E-state index in [1.165, 1.54) is 12.4 Å². The molecule has 0 atom stereocenters. The zero-order valence-corrected chi connectivity index (χ0v) is 12.3. The van der Waals surface area contributed by atoms with Crippen LogP contribution in [0.4, 0.5) is 5.69 Å². The van der Waals surface area contributed by atoms with Crippen molar-refractivity contribution in [2.75, 3.05) is 18.3 Å². The molecule has 0 amide bonds. The summed E-state index contributed by atoms with van der Waals surface area (Å²) in [6.07, 6.45) is 2.88. The van der Waals surface area contributed by atoms with Crippen molar-refractivity contribution in [3.63, 3.8) is 0 Å². The smallest absolute Gasteiger partial charge is 0.265 e. The van der Waals surface area contributed by atoms with Gasteiger partial charge < -0.3 is 5.32 Å². The van der Waals surface area contributed by atoms with Gasteiger partial charge in [-0.25, -0.2) is 8.42 Å². The third-order valence-corrected chi connectivity index (χ3v) is 4.15. The van der Waals surface area contributed by atoms with E-state index in [9.17, 15) is 8.42 Å². The van der Waals surface area contributed by atoms with E-state index in [4.69, 9.17) is 0 Å². The van der Waals surface area contributed by atoms with Gasteiger partial charge in [-0.15, -0.1) is 0 Å². The molecule has 1 aromatic heterocycles. The van der Waals surface area contributed by atoms with Crippen LogP contribution in [-0.4, -0.2) is 31.8 Å². The molecule has 0 saturated heterocycles. The standard InChI is InChI=1S/C13H18N4O2S/c1-11-3-5-12(6-4-11)16-20(18,19)13-9-15-17(10-13)8-7-14-2/h3-6,9-10,14,16H,7-8H2,1-2H3. The molecule has 0 aliphatic heterocycles. The van der Waals surface area contributed by atoms with Gasteiger partial charge in [0.15, 0.2) is 0 Å². The van der Waals surface area contributed by atoms with Crippen LogP contribution < -0.4 is 10.0 Å². The second-order valence-electron chi connectivity index (χ2n) is 4.51. The number of rotatable bonds is 6. The maximum absolute atomic E-state index is 12.2. The Morgan fingerprint density at radius 3 is 2.60 bits per heavy atom. The number of nitrogens with zero attached hydrogens (tertiary/aromatic N) is 2. The van der Waals surface area contributed by atoms with E-state index in [0.29, 0.717) is 12.2 Å². The number of sulfonamides is 1. The highest BCUT2D eigenvalue weighted by Gasteiger charge is 2.16. The Labute approximate surface area is 118 Å². The lowest BCUT2D eigenvalue weighted by Crippen LogP contribution is -2.15. The molecule has 0 bridgehead atoms. The topological polar surface area (TPSA) is 76.0 Å². The minimum atomic E-state index is -3.58. The van der Waals surface area contributed by atoms with Crippen molar-refractivity contribution in [2.24, 2.45) is 0 Å². The Bertz CT molecular complexity index is 662. The van der Waals surface area contributed by atoms with Crippen molar-refractivity contribution in [3.8, 4) is 0 Å². The average Bonchev–Trinajstić information content (AvgIpc) is 2.88. The highest BCUT2D eigenvalue weighted by Crippen LogP contribution is 2.15. The molecular formula is C13H18N4O2S. The van der Waals surface area contributed by atoms with Crippen LogP contribution in [0.1, 0.15) is 5.56 Å². The van der Waals surface area contributed by atoms with E-state index in [1.54, 1.807) is 16.8 Å². The summed E-state index contributed by atoms with van der Waals surface area (Å²) in [5, 5.41) is 7.02. The van der Waals surface area contributed by atoms with Gasteiger partial charge in [-0.3, -0.25) is 9.40 Å². The fourth-order valence-corrected chi connectivity index (χ4v) is 2.68. The minimum absolute atomic E-state index is 0.161. The van der Waals surface area contributed by atoms with Crippen LogP contribution in [0.15, 0.2) is 41.6 Å². The molecule has 0 aliphatic rings. The molecule has 0 radical (unpaired) electrons. The molecular weight excluding hydrogens is 276 g/mol. The Morgan fingerprint density at radius 2 is 1.95 bits per heavy atom. The molecule has 0 saturated carbocycles. The highest BCUT2D eigenvalue weighted by atomic mass is 32.2. The van der Waals surface area contributed by atoms with Gasteiger partial charge >= 0.3 is 0 Å². The molecule has 108 valence electrons. The van der Waals surface area contributed by atoms with Gasteiger partial charge in [-0.2, -0.15) is 5.10 Å². The number of likely N-dealkylation sites (N-methyl/N-ethyl adjacent to an activating group) is 1. The van der Waals surface area contributed by atoms with Crippen LogP contribution in [0.5, 0.6) is 0 Å². The first-order chi connectivity index (χ1) is 9.51. The molecule has 2 rings (SSSR count). The van der Waals surface area contributed by atoms with Crippen LogP contribution in [0, 0.1) is 6.92 Å². The summed E-state index contributed by atoms with van der Waals surface area (Å²) in [5.41, 5.74) is 1.62. The summed E-state index contributed by atoms with van der Waals surface area (Å²) >= 11 is 0. The van der Waals surface area contributed by atoms with Gasteiger partial charge in [-0.05, 0) is 26.1 Å². The zero-order valence-electron chi connectivity index (χ0n) is 11.5. The van der Waals surface area contributed by atoms with Crippen molar-refractivity contribution in [2.45, 2.75) is 18.4 Å². The van der Waals surface area contributed by atoms with Gasteiger partial charge in [0, 0.05) is 18.4 Å². The molecule has 0 unspecified atom stereocenters. The summed E-state index contributed by atoms with van der Waals surface area (Å²) in [5.74, 6) is 0. The Kier molecular flexibility index (Phi) is 4.41. The van der Waals surface area contributed by atoms with Gasteiger partial charge in [0.25, 0.3) is 10.0 Å². The van der Waals surface area contributed by atoms with E-state index in [2.05, 4.69) is 15.1 Å². The second-order valence-corrected chi connectivity index (χ2v) is 6.20. The highest BCUT2D eigenvalue weighted by molar-refractivity contribution is 7.92. The van der Waals surface area contributed by atoms with E-state index < -0.39 is 10.0 Å². The predicted molar refractivity (Wildman–Crippen MR) is 78.1 cm³/mol. The molecule has 20 heavy (non-hydrogen) atoms. The van der Waals surface area contributed by atoms with Crippen LogP contribution in [0.3, 0.4) is 0 Å². The molecule has 1 heterocycles. The van der Waals surface area contributed by atoms with Gasteiger partial charge in [0.2, 0.25) is 0 Å². The molecule has 0 fully saturated rings. The Balaban J connectivity index is 2.13. The zero-order chi connectivity index (χ0) is 14.6. The summed E-state index contributed by atoms with van der Waals surface area (Å²) in [7, 11) is -1.75. The summed E-state index contributed by atoms with van der Waals surface area (Å²) < 4.78 is 28.5. The lowest BCUT2D eigenvalue weighted by Gasteiger charge is -2.06. The third kappa shape index (κ3) is 3.58. The number of aryl methyl sites for hydroxylation is 1. The van der Waals surface area contributed by atoms with E-state index >= 15 is 0 Å². The second kappa shape index (κ2) is 6.06. The van der Waals surface area contributed by atoms with Crippen molar-refractivity contribution in [1.29, 1.82) is 0 Å². The van der Waals surface area contributed by atoms with Crippen molar-refractivity contribution >= 4 is 15.7 Å². The molecule has 1 aromatic carbocycles. The van der Waals surface area contributed by atoms with Gasteiger partial charge in [0.1, 0.15) is 4.90 Å². The number of hydrogen-bond acceptors (Lipinski definition) is 4. The fraction of sp³-hybridized carbons (Fsp3) is 0.308. The number of anilines is 1. The minimum Gasteiger partial charge on any atom is -0.318 e. The lowest BCUT2D eigenvalue weighted by molar-refractivity contribution is 0.582. The van der Waals surface area contributed by atoms with Crippen molar-refractivity contribution in [3.05, 3.63) is 42.2 Å². The van der Waals surface area contributed by atoms with Crippen LogP contribution in [-0.2, 0) is 16.6 Å². The molecule has 0 aliphatic carbocycles. The maximum Gasteiger partial charge on any atom is 0.265 e. The normalized spacial score (nSPS) is 11.5. The van der Waals surface area contributed by atoms with Gasteiger partial charge in [-0.1, -0.05) is 17.7 Å². The van der Waals surface area contributed by atoms with Crippen LogP contribution in [0.25, 0.3) is 0 Å². The largest absolute Gasteiger partial charge is 0.318 e. The summed E-state index contributed by atoms with van der Waals surface area (Å²) in [4.78, 5) is 0.161. The number of hydrogen-bond donors (Lipinski definition) is 2. The number of nitrogens with one attached hydrogen (secondary N) is 2. The molecule has 2 aromatic rings. The number of benzene rings is 1. The lowest BCUT2D eigenvalue weighted by atomic mass is 10.2. The summed E-state index contributed by atoms with van der Waals surface area (Å²) in [6, 6.07) is 7.18. The Morgan fingerprint density at radius 1 is 1.25 bits per heavy atom. The molecule has 2 N–H and O–H groups in total. The van der Waals surface area contributed by atoms with Crippen LogP contribution in [0.2, 0.25) is 0 Å². The SMILES string of the molecule is CNCCn1cc(S(=O)(=O)Nc2ccc(C)cc2)cn1. The van der Waals surface area contributed by atoms with Crippen LogP contribution >= 0.6 is 0 Å². The predicted octanol–water partition coefficient (Wildman–Crippen LogP) is 1.21. The molecule has 7 heteroatoms. The third-order valence-electron chi connectivity index (χ3n) is 2.81. The average molecular weight is 294 g/mol. The Hall–Kier alpha value is -1.86. The molecule has 0 spiro atoms. The quantitative estimate of drug-likeness (QED) is 0.839. The van der Waals surface area contributed by atoms with Gasteiger partial charge in [0.05, 0.1) is 12.7 Å². The first-order valence-electron chi connectivity index (χ1n) is 6.28. The monoisotopic (exact) mass is 294 g/mol. The van der Waals surface area contributed by atoms with E-state index in [-0.39, 0.29) is 4.90 Å². The van der Waals surface area contributed by atoms with E-state index in [0.717, 1.165) is 12.1 Å². The number of aromatic nitrogens is 2. The van der Waals surface area contributed by atoms with Crippen molar-refractivity contribution < 1.29 is 8.42 Å². The first-order valence-corrected chi connectivity index (χ1v) is 7.76.